The summed E-state index contributed by atoms with van der Waals surface area (Å²) in [5.74, 6) is 0.666. The number of hydrogen-bond donors (Lipinski definition) is 3. The number of hydrogen-bond acceptors (Lipinski definition) is 2. The largest absolute Gasteiger partial charge is 0.370 e. The fourth-order valence-electron chi connectivity index (χ4n) is 3.41. The number of amides is 1. The van der Waals surface area contributed by atoms with E-state index in [9.17, 15) is 4.79 Å². The second-order valence-electron chi connectivity index (χ2n) is 7.05. The Bertz CT molecular complexity index is 809. The first-order valence-electron chi connectivity index (χ1n) is 9.69. The normalized spacial score (nSPS) is 14.9. The molecule has 0 heterocycles. The molecule has 1 amide bonds. The Morgan fingerprint density at radius 1 is 1.04 bits per heavy atom. The van der Waals surface area contributed by atoms with Crippen molar-refractivity contribution in [3.63, 3.8) is 0 Å². The molecule has 0 aliphatic heterocycles. The number of nitrogens with two attached hydrogens (primary N) is 1. The van der Waals surface area contributed by atoms with Crippen molar-refractivity contribution in [3.8, 4) is 0 Å². The van der Waals surface area contributed by atoms with Crippen molar-refractivity contribution in [2.24, 2.45) is 16.6 Å². The summed E-state index contributed by atoms with van der Waals surface area (Å²) >= 11 is 0. The SMILES string of the molecule is CCc1cccc(NC(N)=NCc2cccc(NC(=O)C3CCCC3)c2)c1. The van der Waals surface area contributed by atoms with Gasteiger partial charge in [0.05, 0.1) is 6.54 Å². The lowest BCUT2D eigenvalue weighted by Crippen LogP contribution is -2.22. The molecule has 0 spiro atoms. The molecule has 142 valence electrons. The molecule has 0 unspecified atom stereocenters. The lowest BCUT2D eigenvalue weighted by atomic mass is 10.1. The molecule has 1 fully saturated rings. The average Bonchev–Trinajstić information content (AvgIpc) is 3.22. The molecule has 2 aromatic rings. The van der Waals surface area contributed by atoms with Gasteiger partial charge in [0.15, 0.2) is 5.96 Å². The summed E-state index contributed by atoms with van der Waals surface area (Å²) in [6.45, 7) is 2.58. The molecule has 0 saturated heterocycles. The molecule has 1 aliphatic carbocycles. The number of carbonyl (C=O) groups is 1. The van der Waals surface area contributed by atoms with Gasteiger partial charge in [-0.1, -0.05) is 44.0 Å². The summed E-state index contributed by atoms with van der Waals surface area (Å²) in [6.07, 6.45) is 5.28. The number of rotatable bonds is 6. The smallest absolute Gasteiger partial charge is 0.227 e. The van der Waals surface area contributed by atoms with Crippen LogP contribution in [0.1, 0.15) is 43.7 Å². The summed E-state index contributed by atoms with van der Waals surface area (Å²) < 4.78 is 0. The van der Waals surface area contributed by atoms with Gasteiger partial charge >= 0.3 is 0 Å². The van der Waals surface area contributed by atoms with Crippen molar-refractivity contribution in [2.45, 2.75) is 45.6 Å². The van der Waals surface area contributed by atoms with Gasteiger partial charge in [-0.3, -0.25) is 4.79 Å². The van der Waals surface area contributed by atoms with Crippen molar-refractivity contribution in [2.75, 3.05) is 10.6 Å². The topological polar surface area (TPSA) is 79.5 Å². The summed E-state index contributed by atoms with van der Waals surface area (Å²) in [6, 6.07) is 15.9. The first-order valence-corrected chi connectivity index (χ1v) is 9.69. The summed E-state index contributed by atoms with van der Waals surface area (Å²) in [7, 11) is 0. The summed E-state index contributed by atoms with van der Waals surface area (Å²) in [4.78, 5) is 16.7. The van der Waals surface area contributed by atoms with Gasteiger partial charge < -0.3 is 16.4 Å². The molecule has 27 heavy (non-hydrogen) atoms. The number of guanidine groups is 1. The van der Waals surface area contributed by atoms with E-state index in [0.29, 0.717) is 12.5 Å². The van der Waals surface area contributed by atoms with E-state index >= 15 is 0 Å². The van der Waals surface area contributed by atoms with Crippen molar-refractivity contribution >= 4 is 23.2 Å². The molecule has 0 aromatic heterocycles. The van der Waals surface area contributed by atoms with Crippen LogP contribution in [-0.2, 0) is 17.8 Å². The van der Waals surface area contributed by atoms with Crippen LogP contribution in [0.4, 0.5) is 11.4 Å². The van der Waals surface area contributed by atoms with E-state index in [1.807, 2.05) is 36.4 Å². The number of carbonyl (C=O) groups excluding carboxylic acids is 1. The van der Waals surface area contributed by atoms with Gasteiger partial charge in [0, 0.05) is 17.3 Å². The zero-order valence-corrected chi connectivity index (χ0v) is 15.9. The van der Waals surface area contributed by atoms with Crippen LogP contribution in [0.3, 0.4) is 0 Å². The third-order valence-corrected chi connectivity index (χ3v) is 4.96. The highest BCUT2D eigenvalue weighted by molar-refractivity contribution is 5.93. The van der Waals surface area contributed by atoms with Gasteiger partial charge in [0.2, 0.25) is 5.91 Å². The van der Waals surface area contributed by atoms with E-state index in [-0.39, 0.29) is 11.8 Å². The van der Waals surface area contributed by atoms with Crippen molar-refractivity contribution < 1.29 is 4.79 Å². The minimum Gasteiger partial charge on any atom is -0.370 e. The Morgan fingerprint density at radius 2 is 1.67 bits per heavy atom. The fraction of sp³-hybridized carbons (Fsp3) is 0.364. The van der Waals surface area contributed by atoms with Gasteiger partial charge in [-0.2, -0.15) is 0 Å². The average molecular weight is 364 g/mol. The molecule has 1 saturated carbocycles. The summed E-state index contributed by atoms with van der Waals surface area (Å²) in [5.41, 5.74) is 10.0. The highest BCUT2D eigenvalue weighted by Crippen LogP contribution is 2.26. The van der Waals surface area contributed by atoms with Gasteiger partial charge in [0.25, 0.3) is 0 Å². The predicted octanol–water partition coefficient (Wildman–Crippen LogP) is 4.30. The Morgan fingerprint density at radius 3 is 2.37 bits per heavy atom. The van der Waals surface area contributed by atoms with Crippen LogP contribution in [-0.4, -0.2) is 11.9 Å². The highest BCUT2D eigenvalue weighted by atomic mass is 16.1. The second-order valence-corrected chi connectivity index (χ2v) is 7.05. The van der Waals surface area contributed by atoms with Gasteiger partial charge in [0.1, 0.15) is 0 Å². The van der Waals surface area contributed by atoms with E-state index in [4.69, 9.17) is 5.73 Å². The molecule has 2 aromatic carbocycles. The van der Waals surface area contributed by atoms with E-state index < -0.39 is 0 Å². The third kappa shape index (κ3) is 5.58. The van der Waals surface area contributed by atoms with Crippen molar-refractivity contribution in [1.29, 1.82) is 0 Å². The maximum Gasteiger partial charge on any atom is 0.227 e. The molecule has 1 aliphatic rings. The molecular formula is C22H28N4O. The standard InChI is InChI=1S/C22H28N4O/c1-2-16-7-5-12-20(13-16)26-22(23)24-15-17-8-6-11-19(14-17)25-21(27)18-9-3-4-10-18/h5-8,11-14,18H,2-4,9-10,15H2,1H3,(H,25,27)(H3,23,24,26). The highest BCUT2D eigenvalue weighted by Gasteiger charge is 2.22. The fourth-order valence-corrected chi connectivity index (χ4v) is 3.41. The van der Waals surface area contributed by atoms with Gasteiger partial charge in [-0.05, 0) is 54.7 Å². The zero-order chi connectivity index (χ0) is 19.1. The van der Waals surface area contributed by atoms with Crippen LogP contribution in [0.5, 0.6) is 0 Å². The third-order valence-electron chi connectivity index (χ3n) is 4.96. The minimum atomic E-state index is 0.130. The maximum absolute atomic E-state index is 12.3. The molecular weight excluding hydrogens is 336 g/mol. The minimum absolute atomic E-state index is 0.130. The Kier molecular flexibility index (Phi) is 6.47. The Balaban J connectivity index is 1.58. The van der Waals surface area contributed by atoms with Gasteiger partial charge in [-0.25, -0.2) is 4.99 Å². The van der Waals surface area contributed by atoms with Crippen molar-refractivity contribution in [1.82, 2.24) is 0 Å². The first kappa shape index (κ1) is 19.0. The van der Waals surface area contributed by atoms with Crippen molar-refractivity contribution in [3.05, 3.63) is 59.7 Å². The lowest BCUT2D eigenvalue weighted by Gasteiger charge is -2.11. The zero-order valence-electron chi connectivity index (χ0n) is 15.9. The van der Waals surface area contributed by atoms with Crippen LogP contribution in [0.2, 0.25) is 0 Å². The Hall–Kier alpha value is -2.82. The molecule has 3 rings (SSSR count). The summed E-state index contributed by atoms with van der Waals surface area (Å²) in [5, 5.41) is 6.16. The van der Waals surface area contributed by atoms with E-state index in [0.717, 1.165) is 49.0 Å². The number of aliphatic imine (C=N–C) groups is 1. The first-order chi connectivity index (χ1) is 13.1. The Labute approximate surface area is 161 Å². The molecule has 5 heteroatoms. The molecule has 0 radical (unpaired) electrons. The number of nitrogens with zero attached hydrogens (tertiary/aromatic N) is 1. The molecule has 0 bridgehead atoms. The number of benzene rings is 2. The number of anilines is 2. The monoisotopic (exact) mass is 364 g/mol. The molecule has 0 atom stereocenters. The van der Waals surface area contributed by atoms with Crippen LogP contribution in [0.15, 0.2) is 53.5 Å². The molecule has 5 nitrogen and oxygen atoms in total. The maximum atomic E-state index is 12.3. The molecule has 4 N–H and O–H groups in total. The van der Waals surface area contributed by atoms with E-state index in [2.05, 4.69) is 34.7 Å². The van der Waals surface area contributed by atoms with E-state index in [1.165, 1.54) is 5.56 Å². The van der Waals surface area contributed by atoms with Crippen LogP contribution >= 0.6 is 0 Å². The number of nitrogens with one attached hydrogen (secondary N) is 2. The lowest BCUT2D eigenvalue weighted by molar-refractivity contribution is -0.119. The van der Waals surface area contributed by atoms with Crippen LogP contribution < -0.4 is 16.4 Å². The van der Waals surface area contributed by atoms with E-state index in [1.54, 1.807) is 0 Å². The van der Waals surface area contributed by atoms with Crippen LogP contribution in [0.25, 0.3) is 0 Å². The van der Waals surface area contributed by atoms with Gasteiger partial charge in [-0.15, -0.1) is 0 Å². The second kappa shape index (κ2) is 9.21. The quantitative estimate of drug-likeness (QED) is 0.528. The predicted molar refractivity (Wildman–Crippen MR) is 112 cm³/mol. The van der Waals surface area contributed by atoms with Crippen LogP contribution in [0, 0.1) is 5.92 Å². The number of aryl methyl sites for hydroxylation is 1.